The predicted molar refractivity (Wildman–Crippen MR) is 75.2 cm³/mol. The summed E-state index contributed by atoms with van der Waals surface area (Å²) in [4.78, 5) is 4.47. The van der Waals surface area contributed by atoms with Gasteiger partial charge in [0.15, 0.2) is 0 Å². The van der Waals surface area contributed by atoms with Gasteiger partial charge in [0.25, 0.3) is 0 Å². The molecule has 0 amide bonds. The standard InChI is InChI=1S/C16H16N2/c1-3-13-7-6-8-14-11-12(2)18(16(13)14)15-9-4-5-10-17-15/h4-11H,3H2,1-2H3. The molecule has 18 heavy (non-hydrogen) atoms. The van der Waals surface area contributed by atoms with Gasteiger partial charge in [0.1, 0.15) is 5.82 Å². The van der Waals surface area contributed by atoms with Crippen molar-refractivity contribution >= 4 is 10.9 Å². The Morgan fingerprint density at radius 1 is 1.11 bits per heavy atom. The van der Waals surface area contributed by atoms with Gasteiger partial charge in [0.05, 0.1) is 5.52 Å². The van der Waals surface area contributed by atoms with E-state index in [4.69, 9.17) is 0 Å². The number of pyridine rings is 1. The third-order valence-electron chi connectivity index (χ3n) is 3.35. The van der Waals surface area contributed by atoms with Crippen molar-refractivity contribution in [2.24, 2.45) is 0 Å². The number of aryl methyl sites for hydroxylation is 2. The third-order valence-corrected chi connectivity index (χ3v) is 3.35. The van der Waals surface area contributed by atoms with E-state index in [1.165, 1.54) is 22.2 Å². The summed E-state index contributed by atoms with van der Waals surface area (Å²) in [6.45, 7) is 4.33. The highest BCUT2D eigenvalue weighted by Gasteiger charge is 2.10. The van der Waals surface area contributed by atoms with Crippen molar-refractivity contribution in [3.8, 4) is 5.82 Å². The molecular formula is C16H16N2. The molecule has 0 spiro atoms. The highest BCUT2D eigenvalue weighted by Crippen LogP contribution is 2.26. The van der Waals surface area contributed by atoms with Gasteiger partial charge in [-0.2, -0.15) is 0 Å². The number of benzene rings is 1. The fourth-order valence-electron chi connectivity index (χ4n) is 2.53. The molecule has 2 heteroatoms. The second-order valence-electron chi connectivity index (χ2n) is 4.52. The minimum atomic E-state index is 0.992. The van der Waals surface area contributed by atoms with Crippen LogP contribution in [0.1, 0.15) is 18.2 Å². The molecule has 0 saturated carbocycles. The van der Waals surface area contributed by atoms with Crippen LogP contribution in [0.2, 0.25) is 0 Å². The zero-order valence-electron chi connectivity index (χ0n) is 10.7. The molecule has 0 aliphatic heterocycles. The van der Waals surface area contributed by atoms with Crippen LogP contribution < -0.4 is 0 Å². The summed E-state index contributed by atoms with van der Waals surface area (Å²) in [6, 6.07) is 14.8. The topological polar surface area (TPSA) is 17.8 Å². The van der Waals surface area contributed by atoms with Gasteiger partial charge < -0.3 is 0 Å². The number of aromatic nitrogens is 2. The lowest BCUT2D eigenvalue weighted by Crippen LogP contribution is -2.00. The van der Waals surface area contributed by atoms with E-state index in [0.717, 1.165) is 12.2 Å². The van der Waals surface area contributed by atoms with Crippen LogP contribution in [0, 0.1) is 6.92 Å². The Morgan fingerprint density at radius 3 is 2.72 bits per heavy atom. The summed E-state index contributed by atoms with van der Waals surface area (Å²) in [6.07, 6.45) is 2.88. The van der Waals surface area contributed by atoms with Crippen LogP contribution >= 0.6 is 0 Å². The van der Waals surface area contributed by atoms with Crippen LogP contribution in [-0.2, 0) is 6.42 Å². The SMILES string of the molecule is CCc1cccc2cc(C)n(-c3ccccn3)c12. The molecule has 3 rings (SSSR count). The maximum Gasteiger partial charge on any atom is 0.137 e. The van der Waals surface area contributed by atoms with E-state index in [9.17, 15) is 0 Å². The van der Waals surface area contributed by atoms with Gasteiger partial charge in [-0.25, -0.2) is 4.98 Å². The molecule has 0 saturated heterocycles. The van der Waals surface area contributed by atoms with Gasteiger partial charge in [0, 0.05) is 17.3 Å². The normalized spacial score (nSPS) is 11.0. The highest BCUT2D eigenvalue weighted by molar-refractivity contribution is 5.86. The fourth-order valence-corrected chi connectivity index (χ4v) is 2.53. The molecule has 2 aromatic heterocycles. The van der Waals surface area contributed by atoms with Gasteiger partial charge >= 0.3 is 0 Å². The molecule has 0 N–H and O–H groups in total. The van der Waals surface area contributed by atoms with E-state index in [2.05, 4.69) is 53.7 Å². The maximum absolute atomic E-state index is 4.47. The molecule has 2 nitrogen and oxygen atoms in total. The monoisotopic (exact) mass is 236 g/mol. The van der Waals surface area contributed by atoms with Crippen molar-refractivity contribution in [2.45, 2.75) is 20.3 Å². The molecule has 1 aromatic carbocycles. The Morgan fingerprint density at radius 2 is 2.00 bits per heavy atom. The third kappa shape index (κ3) is 1.61. The molecule has 2 heterocycles. The number of nitrogens with zero attached hydrogens (tertiary/aromatic N) is 2. The second kappa shape index (κ2) is 4.30. The lowest BCUT2D eigenvalue weighted by Gasteiger charge is -2.09. The van der Waals surface area contributed by atoms with Gasteiger partial charge in [-0.15, -0.1) is 0 Å². The average molecular weight is 236 g/mol. The molecule has 0 aliphatic carbocycles. The fraction of sp³-hybridized carbons (Fsp3) is 0.188. The molecule has 0 bridgehead atoms. The first-order chi connectivity index (χ1) is 8.81. The number of rotatable bonds is 2. The van der Waals surface area contributed by atoms with Crippen molar-refractivity contribution in [1.82, 2.24) is 9.55 Å². The van der Waals surface area contributed by atoms with Crippen molar-refractivity contribution in [3.05, 3.63) is 59.9 Å². The summed E-state index contributed by atoms with van der Waals surface area (Å²) in [5.74, 6) is 0.992. The smallest absolute Gasteiger partial charge is 0.137 e. The summed E-state index contributed by atoms with van der Waals surface area (Å²) >= 11 is 0. The van der Waals surface area contributed by atoms with E-state index in [-0.39, 0.29) is 0 Å². The zero-order valence-corrected chi connectivity index (χ0v) is 10.7. The molecule has 0 unspecified atom stereocenters. The van der Waals surface area contributed by atoms with Crippen LogP contribution in [0.5, 0.6) is 0 Å². The van der Waals surface area contributed by atoms with Crippen molar-refractivity contribution in [2.75, 3.05) is 0 Å². The van der Waals surface area contributed by atoms with Crippen LogP contribution in [0.4, 0.5) is 0 Å². The number of fused-ring (bicyclic) bond motifs is 1. The van der Waals surface area contributed by atoms with Crippen LogP contribution in [0.15, 0.2) is 48.7 Å². The Bertz CT molecular complexity index is 681. The summed E-state index contributed by atoms with van der Waals surface area (Å²) in [5.41, 5.74) is 3.88. The molecule has 0 radical (unpaired) electrons. The van der Waals surface area contributed by atoms with Gasteiger partial charge in [-0.05, 0) is 37.1 Å². The molecule has 90 valence electrons. The maximum atomic E-state index is 4.47. The zero-order chi connectivity index (χ0) is 12.5. The largest absolute Gasteiger partial charge is 0.298 e. The first kappa shape index (κ1) is 11.0. The van der Waals surface area contributed by atoms with Gasteiger partial charge in [-0.1, -0.05) is 31.2 Å². The molecule has 0 fully saturated rings. The molecule has 3 aromatic rings. The van der Waals surface area contributed by atoms with E-state index in [1.807, 2.05) is 18.3 Å². The Labute approximate surface area is 107 Å². The van der Waals surface area contributed by atoms with E-state index in [1.54, 1.807) is 0 Å². The number of hydrogen-bond acceptors (Lipinski definition) is 1. The summed E-state index contributed by atoms with van der Waals surface area (Å²) in [5, 5.41) is 1.29. The van der Waals surface area contributed by atoms with E-state index >= 15 is 0 Å². The Balaban J connectivity index is 2.38. The first-order valence-electron chi connectivity index (χ1n) is 6.32. The van der Waals surface area contributed by atoms with E-state index < -0.39 is 0 Å². The quantitative estimate of drug-likeness (QED) is 0.660. The van der Waals surface area contributed by atoms with Crippen LogP contribution in [0.25, 0.3) is 16.7 Å². The predicted octanol–water partition coefficient (Wildman–Crippen LogP) is 3.90. The highest BCUT2D eigenvalue weighted by atomic mass is 15.1. The minimum absolute atomic E-state index is 0.992. The van der Waals surface area contributed by atoms with Crippen LogP contribution in [0.3, 0.4) is 0 Å². The van der Waals surface area contributed by atoms with Crippen molar-refractivity contribution in [1.29, 1.82) is 0 Å². The van der Waals surface area contributed by atoms with Crippen molar-refractivity contribution in [3.63, 3.8) is 0 Å². The summed E-state index contributed by atoms with van der Waals surface area (Å²) in [7, 11) is 0. The first-order valence-corrected chi connectivity index (χ1v) is 6.32. The summed E-state index contributed by atoms with van der Waals surface area (Å²) < 4.78 is 2.24. The van der Waals surface area contributed by atoms with Gasteiger partial charge in [0.2, 0.25) is 0 Å². The Hall–Kier alpha value is -2.09. The lowest BCUT2D eigenvalue weighted by atomic mass is 10.1. The second-order valence-corrected chi connectivity index (χ2v) is 4.52. The minimum Gasteiger partial charge on any atom is -0.298 e. The van der Waals surface area contributed by atoms with Crippen molar-refractivity contribution < 1.29 is 0 Å². The average Bonchev–Trinajstić information content (AvgIpc) is 2.75. The van der Waals surface area contributed by atoms with Crippen LogP contribution in [-0.4, -0.2) is 9.55 Å². The number of para-hydroxylation sites is 1. The van der Waals surface area contributed by atoms with Gasteiger partial charge in [-0.3, -0.25) is 4.57 Å². The Kier molecular flexibility index (Phi) is 2.63. The molecule has 0 atom stereocenters. The lowest BCUT2D eigenvalue weighted by molar-refractivity contribution is 0.981. The number of hydrogen-bond donors (Lipinski definition) is 0. The van der Waals surface area contributed by atoms with E-state index in [0.29, 0.717) is 0 Å². The molecular weight excluding hydrogens is 220 g/mol. The molecule has 0 aliphatic rings.